The maximum Gasteiger partial charge on any atom is 0.422 e. The third kappa shape index (κ3) is 8.39. The van der Waals surface area contributed by atoms with Crippen LogP contribution < -0.4 is 20.9 Å². The van der Waals surface area contributed by atoms with E-state index in [2.05, 4.69) is 4.74 Å². The first-order valence-electron chi connectivity index (χ1n) is 10.7. The molecule has 0 saturated heterocycles. The Labute approximate surface area is 205 Å². The molecule has 36 heavy (non-hydrogen) atoms. The van der Waals surface area contributed by atoms with Crippen LogP contribution in [0.1, 0.15) is 21.5 Å². The molecular formula is C26H23F3N2O5. The van der Waals surface area contributed by atoms with Crippen LogP contribution in [0.5, 0.6) is 11.5 Å². The maximum atomic E-state index is 12.3. The highest BCUT2D eigenvalue weighted by Gasteiger charge is 2.28. The second-order valence-electron chi connectivity index (χ2n) is 7.60. The fraction of sp³-hybridized carbons (Fsp3) is 0.154. The lowest BCUT2D eigenvalue weighted by molar-refractivity contribution is -0.153. The Morgan fingerprint density at radius 3 is 2.22 bits per heavy atom. The number of benzene rings is 3. The van der Waals surface area contributed by atoms with Gasteiger partial charge in [0.2, 0.25) is 0 Å². The Kier molecular flexibility index (Phi) is 8.56. The van der Waals surface area contributed by atoms with E-state index in [0.717, 1.165) is 5.56 Å². The van der Waals surface area contributed by atoms with E-state index in [1.165, 1.54) is 48.6 Å². The van der Waals surface area contributed by atoms with Crippen LogP contribution in [0.4, 0.5) is 24.5 Å². The van der Waals surface area contributed by atoms with Crippen LogP contribution in [0.25, 0.3) is 6.08 Å². The summed E-state index contributed by atoms with van der Waals surface area (Å²) >= 11 is 0. The number of alkyl halides is 3. The molecule has 7 nitrogen and oxygen atoms in total. The highest BCUT2D eigenvalue weighted by atomic mass is 19.4. The number of ether oxygens (including phenoxy) is 3. The number of nitrogens with two attached hydrogens (primary N) is 2. The van der Waals surface area contributed by atoms with Gasteiger partial charge in [0, 0.05) is 23.9 Å². The average molecular weight is 500 g/mol. The minimum absolute atomic E-state index is 0.00400. The smallest absolute Gasteiger partial charge is 0.422 e. The highest BCUT2D eigenvalue weighted by molar-refractivity contribution is 5.91. The monoisotopic (exact) mass is 500 g/mol. The van der Waals surface area contributed by atoms with Crippen LogP contribution in [0.15, 0.2) is 72.8 Å². The Bertz CT molecular complexity index is 1220. The fourth-order valence-electron chi connectivity index (χ4n) is 2.98. The summed E-state index contributed by atoms with van der Waals surface area (Å²) in [7, 11) is 0. The minimum Gasteiger partial charge on any atom is -0.484 e. The molecule has 0 radical (unpaired) electrons. The van der Waals surface area contributed by atoms with Gasteiger partial charge in [-0.3, -0.25) is 0 Å². The lowest BCUT2D eigenvalue weighted by Gasteiger charge is -2.09. The van der Waals surface area contributed by atoms with Gasteiger partial charge in [-0.25, -0.2) is 9.59 Å². The molecular weight excluding hydrogens is 477 g/mol. The Morgan fingerprint density at radius 1 is 0.889 bits per heavy atom. The topological polar surface area (TPSA) is 114 Å². The normalized spacial score (nSPS) is 11.3. The summed E-state index contributed by atoms with van der Waals surface area (Å²) in [6, 6.07) is 16.6. The van der Waals surface area contributed by atoms with Crippen LogP contribution in [-0.2, 0) is 16.0 Å². The number of nitrogen functional groups attached to an aromatic ring is 2. The quantitative estimate of drug-likeness (QED) is 0.188. The van der Waals surface area contributed by atoms with Crippen molar-refractivity contribution in [2.45, 2.75) is 12.6 Å². The van der Waals surface area contributed by atoms with Gasteiger partial charge in [-0.15, -0.1) is 0 Å². The van der Waals surface area contributed by atoms with E-state index < -0.39 is 24.7 Å². The number of carbonyl (C=O) groups excluding carboxylic acids is 2. The first kappa shape index (κ1) is 26.1. The summed E-state index contributed by atoms with van der Waals surface area (Å²) in [5.41, 5.74) is 14.4. The predicted octanol–water partition coefficient (Wildman–Crippen LogP) is 4.81. The van der Waals surface area contributed by atoms with Crippen molar-refractivity contribution in [2.75, 3.05) is 24.7 Å². The Morgan fingerprint density at radius 2 is 1.56 bits per heavy atom. The van der Waals surface area contributed by atoms with Crippen LogP contribution in [0, 0.1) is 0 Å². The lowest BCUT2D eigenvalue weighted by atomic mass is 10.1. The van der Waals surface area contributed by atoms with Crippen molar-refractivity contribution in [3.63, 3.8) is 0 Å². The van der Waals surface area contributed by atoms with Crippen LogP contribution in [0.3, 0.4) is 0 Å². The van der Waals surface area contributed by atoms with Crippen molar-refractivity contribution in [2.24, 2.45) is 0 Å². The average Bonchev–Trinajstić information content (AvgIpc) is 2.84. The van der Waals surface area contributed by atoms with E-state index in [-0.39, 0.29) is 23.7 Å². The van der Waals surface area contributed by atoms with Gasteiger partial charge in [-0.2, -0.15) is 13.2 Å². The number of halogens is 3. The van der Waals surface area contributed by atoms with E-state index in [0.29, 0.717) is 23.4 Å². The van der Waals surface area contributed by atoms with E-state index in [9.17, 15) is 22.8 Å². The number of carbonyl (C=O) groups is 2. The van der Waals surface area contributed by atoms with Gasteiger partial charge in [-0.1, -0.05) is 12.1 Å². The first-order chi connectivity index (χ1) is 17.1. The van der Waals surface area contributed by atoms with Crippen molar-refractivity contribution in [1.82, 2.24) is 0 Å². The van der Waals surface area contributed by atoms with Crippen LogP contribution in [-0.4, -0.2) is 31.3 Å². The lowest BCUT2D eigenvalue weighted by Crippen LogP contribution is -2.19. The standard InChI is InChI=1S/C26H23F3N2O5/c27-26(28,29)16-35-21-7-9-22(10-8-21)36-25(33)18-4-1-17(2-5-18)3-12-24(32)34-14-13-19-15-20(30)6-11-23(19)31/h1-12,15H,13-14,16,30-31H2. The molecule has 0 fully saturated rings. The van der Waals surface area contributed by atoms with Crippen molar-refractivity contribution in [3.05, 3.63) is 89.5 Å². The zero-order valence-electron chi connectivity index (χ0n) is 19.0. The molecule has 0 heterocycles. The van der Waals surface area contributed by atoms with Crippen molar-refractivity contribution in [1.29, 1.82) is 0 Å². The van der Waals surface area contributed by atoms with Gasteiger partial charge in [0.05, 0.1) is 12.2 Å². The van der Waals surface area contributed by atoms with Gasteiger partial charge in [-0.05, 0) is 71.8 Å². The van der Waals surface area contributed by atoms with E-state index in [1.54, 1.807) is 30.3 Å². The molecule has 0 spiro atoms. The van der Waals surface area contributed by atoms with Crippen LogP contribution in [0.2, 0.25) is 0 Å². The molecule has 4 N–H and O–H groups in total. The molecule has 188 valence electrons. The van der Waals surface area contributed by atoms with E-state index in [1.807, 2.05) is 0 Å². The molecule has 3 rings (SSSR count). The Balaban J connectivity index is 1.46. The molecule has 3 aromatic carbocycles. The van der Waals surface area contributed by atoms with E-state index >= 15 is 0 Å². The van der Waals surface area contributed by atoms with Gasteiger partial charge >= 0.3 is 18.1 Å². The highest BCUT2D eigenvalue weighted by Crippen LogP contribution is 2.22. The van der Waals surface area contributed by atoms with E-state index in [4.69, 9.17) is 20.9 Å². The summed E-state index contributed by atoms with van der Waals surface area (Å²) in [4.78, 5) is 24.2. The molecule has 0 saturated carbocycles. The molecule has 0 amide bonds. The molecule has 10 heteroatoms. The summed E-state index contributed by atoms with van der Waals surface area (Å²) in [5.74, 6) is -1.06. The zero-order chi connectivity index (χ0) is 26.1. The first-order valence-corrected chi connectivity index (χ1v) is 10.7. The summed E-state index contributed by atoms with van der Waals surface area (Å²) in [6.45, 7) is -1.28. The largest absolute Gasteiger partial charge is 0.484 e. The van der Waals surface area contributed by atoms with Gasteiger partial charge < -0.3 is 25.7 Å². The summed E-state index contributed by atoms with van der Waals surface area (Å²) < 4.78 is 51.6. The molecule has 3 aromatic rings. The number of hydrogen-bond donors (Lipinski definition) is 2. The minimum atomic E-state index is -4.44. The predicted molar refractivity (Wildman–Crippen MR) is 128 cm³/mol. The SMILES string of the molecule is Nc1ccc(N)c(CCOC(=O)C=Cc2ccc(C(=O)Oc3ccc(OCC(F)(F)F)cc3)cc2)c1. The number of rotatable bonds is 9. The van der Waals surface area contributed by atoms with Crippen molar-refractivity contribution in [3.8, 4) is 11.5 Å². The molecule has 0 bridgehead atoms. The number of hydrogen-bond acceptors (Lipinski definition) is 7. The van der Waals surface area contributed by atoms with Gasteiger partial charge in [0.1, 0.15) is 11.5 Å². The molecule has 0 aliphatic carbocycles. The molecule has 0 aliphatic heterocycles. The third-order valence-corrected chi connectivity index (χ3v) is 4.78. The molecule has 0 unspecified atom stereocenters. The fourth-order valence-corrected chi connectivity index (χ4v) is 2.98. The summed E-state index contributed by atoms with van der Waals surface area (Å²) in [6.07, 6.45) is -1.22. The van der Waals surface area contributed by atoms with Crippen molar-refractivity contribution >= 4 is 29.4 Å². The molecule has 0 aromatic heterocycles. The second kappa shape index (κ2) is 11.8. The van der Waals surface area contributed by atoms with Gasteiger partial charge in [0.25, 0.3) is 0 Å². The number of esters is 2. The zero-order valence-corrected chi connectivity index (χ0v) is 19.0. The summed E-state index contributed by atoms with van der Waals surface area (Å²) in [5, 5.41) is 0. The van der Waals surface area contributed by atoms with Crippen LogP contribution >= 0.6 is 0 Å². The number of anilines is 2. The Hall–Kier alpha value is -4.47. The van der Waals surface area contributed by atoms with Gasteiger partial charge in [0.15, 0.2) is 6.61 Å². The molecule has 0 aliphatic rings. The third-order valence-electron chi connectivity index (χ3n) is 4.78. The van der Waals surface area contributed by atoms with Crippen molar-refractivity contribution < 1.29 is 37.0 Å². The maximum absolute atomic E-state index is 12.3. The second-order valence-corrected chi connectivity index (χ2v) is 7.60. The molecule has 0 atom stereocenters.